The molecule has 0 atom stereocenters. The molecule has 7 heteroatoms. The monoisotopic (exact) mass is 334 g/mol. The van der Waals surface area contributed by atoms with Gasteiger partial charge in [0, 0.05) is 18.7 Å². The summed E-state index contributed by atoms with van der Waals surface area (Å²) in [5.41, 5.74) is 0.626. The first kappa shape index (κ1) is 17.0. The maximum absolute atomic E-state index is 12.2. The lowest BCUT2D eigenvalue weighted by Crippen LogP contribution is -2.52. The zero-order valence-electron chi connectivity index (χ0n) is 13.2. The van der Waals surface area contributed by atoms with Crippen LogP contribution in [0.4, 0.5) is 0 Å². The number of amides is 2. The van der Waals surface area contributed by atoms with E-state index in [2.05, 4.69) is 5.32 Å². The number of nitrogens with zero attached hydrogens (tertiary/aromatic N) is 1. The molecule has 1 aliphatic rings. The van der Waals surface area contributed by atoms with E-state index in [4.69, 9.17) is 21.7 Å². The van der Waals surface area contributed by atoms with Crippen LogP contribution in [0.2, 0.25) is 0 Å². The molecule has 23 heavy (non-hydrogen) atoms. The van der Waals surface area contributed by atoms with E-state index in [-0.39, 0.29) is 10.7 Å². The average Bonchev–Trinajstić information content (AvgIpc) is 2.52. The third kappa shape index (κ3) is 3.68. The summed E-state index contributed by atoms with van der Waals surface area (Å²) in [5, 5.41) is 2.57. The second-order valence-corrected chi connectivity index (χ2v) is 5.13. The van der Waals surface area contributed by atoms with Crippen molar-refractivity contribution in [1.29, 1.82) is 0 Å². The van der Waals surface area contributed by atoms with Crippen molar-refractivity contribution in [3.63, 3.8) is 0 Å². The average molecular weight is 334 g/mol. The molecule has 1 heterocycles. The summed E-state index contributed by atoms with van der Waals surface area (Å²) in [7, 11) is 1.51. The van der Waals surface area contributed by atoms with Gasteiger partial charge in [-0.05, 0) is 44.3 Å². The van der Waals surface area contributed by atoms with Crippen molar-refractivity contribution in [3.8, 4) is 11.5 Å². The maximum atomic E-state index is 12.2. The highest BCUT2D eigenvalue weighted by Gasteiger charge is 2.31. The summed E-state index contributed by atoms with van der Waals surface area (Å²) in [6, 6.07) is 5.24. The third-order valence-electron chi connectivity index (χ3n) is 3.20. The second kappa shape index (κ2) is 7.23. The highest BCUT2D eigenvalue weighted by Crippen LogP contribution is 2.28. The van der Waals surface area contributed by atoms with Crippen LogP contribution in [-0.2, 0) is 9.59 Å². The van der Waals surface area contributed by atoms with Gasteiger partial charge in [0.25, 0.3) is 11.8 Å². The van der Waals surface area contributed by atoms with Gasteiger partial charge in [-0.25, -0.2) is 0 Å². The molecule has 2 rings (SSSR count). The largest absolute Gasteiger partial charge is 0.494 e. The van der Waals surface area contributed by atoms with E-state index in [0.717, 1.165) is 0 Å². The second-order valence-electron chi connectivity index (χ2n) is 4.75. The highest BCUT2D eigenvalue weighted by molar-refractivity contribution is 7.80. The van der Waals surface area contributed by atoms with E-state index in [1.807, 2.05) is 13.8 Å². The summed E-state index contributed by atoms with van der Waals surface area (Å²) in [4.78, 5) is 25.5. The van der Waals surface area contributed by atoms with Crippen LogP contribution in [0.3, 0.4) is 0 Å². The van der Waals surface area contributed by atoms with E-state index in [9.17, 15) is 9.59 Å². The minimum atomic E-state index is -0.519. The van der Waals surface area contributed by atoms with Crippen LogP contribution in [0.5, 0.6) is 11.5 Å². The molecule has 1 N–H and O–H groups in total. The van der Waals surface area contributed by atoms with Crippen molar-refractivity contribution in [2.45, 2.75) is 13.8 Å². The lowest BCUT2D eigenvalue weighted by molar-refractivity contribution is -0.128. The lowest BCUT2D eigenvalue weighted by Gasteiger charge is -2.25. The first-order valence-electron chi connectivity index (χ1n) is 7.22. The van der Waals surface area contributed by atoms with Crippen LogP contribution >= 0.6 is 12.2 Å². The smallest absolute Gasteiger partial charge is 0.265 e. The Morgan fingerprint density at radius 1 is 1.22 bits per heavy atom. The molecule has 1 fully saturated rings. The van der Waals surface area contributed by atoms with Gasteiger partial charge in [0.15, 0.2) is 5.11 Å². The summed E-state index contributed by atoms with van der Waals surface area (Å²) in [6.07, 6.45) is 1.50. The van der Waals surface area contributed by atoms with Crippen LogP contribution in [0, 0.1) is 0 Å². The quantitative estimate of drug-likeness (QED) is 0.505. The molecule has 0 radical (unpaired) electrons. The van der Waals surface area contributed by atoms with Gasteiger partial charge in [0.1, 0.15) is 17.1 Å². The summed E-state index contributed by atoms with van der Waals surface area (Å²) in [5.74, 6) is 0.239. The van der Waals surface area contributed by atoms with Gasteiger partial charge in [-0.1, -0.05) is 0 Å². The van der Waals surface area contributed by atoms with Crippen LogP contribution in [-0.4, -0.2) is 42.1 Å². The fourth-order valence-electron chi connectivity index (χ4n) is 2.07. The Morgan fingerprint density at radius 2 is 1.91 bits per heavy atom. The molecule has 0 aromatic heterocycles. The van der Waals surface area contributed by atoms with Gasteiger partial charge in [-0.2, -0.15) is 0 Å². The van der Waals surface area contributed by atoms with Crippen molar-refractivity contribution in [2.24, 2.45) is 0 Å². The molecule has 1 aromatic rings. The molecule has 0 spiro atoms. The molecule has 2 amide bonds. The first-order valence-corrected chi connectivity index (χ1v) is 7.63. The van der Waals surface area contributed by atoms with Crippen LogP contribution in [0.1, 0.15) is 19.4 Å². The molecule has 6 nitrogen and oxygen atoms in total. The van der Waals surface area contributed by atoms with Gasteiger partial charge in [0.2, 0.25) is 0 Å². The predicted octanol–water partition coefficient (Wildman–Crippen LogP) is 1.74. The van der Waals surface area contributed by atoms with E-state index >= 15 is 0 Å². The minimum Gasteiger partial charge on any atom is -0.494 e. The zero-order chi connectivity index (χ0) is 17.0. The van der Waals surface area contributed by atoms with E-state index in [1.165, 1.54) is 18.0 Å². The first-order chi connectivity index (χ1) is 11.0. The molecule has 0 aliphatic carbocycles. The number of carbonyl (C=O) groups is 2. The van der Waals surface area contributed by atoms with E-state index in [0.29, 0.717) is 30.3 Å². The van der Waals surface area contributed by atoms with E-state index in [1.54, 1.807) is 18.2 Å². The van der Waals surface area contributed by atoms with Crippen LogP contribution < -0.4 is 14.8 Å². The highest BCUT2D eigenvalue weighted by atomic mass is 32.1. The maximum Gasteiger partial charge on any atom is 0.265 e. The Morgan fingerprint density at radius 3 is 2.57 bits per heavy atom. The van der Waals surface area contributed by atoms with Crippen molar-refractivity contribution in [3.05, 3.63) is 29.3 Å². The number of nitrogens with one attached hydrogen (secondary N) is 1. The Hall–Kier alpha value is -2.41. The number of hydrogen-bond donors (Lipinski definition) is 1. The fraction of sp³-hybridized carbons (Fsp3) is 0.312. The van der Waals surface area contributed by atoms with Gasteiger partial charge in [-0.15, -0.1) is 0 Å². The Bertz CT molecular complexity index is 685. The molecule has 0 unspecified atom stereocenters. The number of carbonyl (C=O) groups excluding carboxylic acids is 2. The fourth-order valence-corrected chi connectivity index (χ4v) is 2.25. The zero-order valence-corrected chi connectivity index (χ0v) is 14.0. The number of likely N-dealkylation sites (N-methyl/N-ethyl adjacent to an activating group) is 1. The van der Waals surface area contributed by atoms with E-state index < -0.39 is 11.8 Å². The lowest BCUT2D eigenvalue weighted by atomic mass is 10.1. The summed E-state index contributed by atoms with van der Waals surface area (Å²) >= 11 is 4.92. The Balaban J connectivity index is 2.42. The number of hydrogen-bond acceptors (Lipinski definition) is 5. The van der Waals surface area contributed by atoms with Crippen molar-refractivity contribution < 1.29 is 19.1 Å². The van der Waals surface area contributed by atoms with Gasteiger partial charge in [0.05, 0.1) is 13.2 Å². The van der Waals surface area contributed by atoms with Crippen molar-refractivity contribution >= 4 is 35.2 Å². The molecule has 0 bridgehead atoms. The van der Waals surface area contributed by atoms with Gasteiger partial charge in [-0.3, -0.25) is 19.8 Å². The summed E-state index contributed by atoms with van der Waals surface area (Å²) in [6.45, 7) is 4.74. The Labute approximate surface area is 140 Å². The molecule has 0 saturated carbocycles. The number of rotatable bonds is 5. The van der Waals surface area contributed by atoms with Crippen molar-refractivity contribution in [2.75, 3.05) is 20.3 Å². The van der Waals surface area contributed by atoms with Crippen molar-refractivity contribution in [1.82, 2.24) is 10.2 Å². The number of thiocarbonyl (C=S) groups is 1. The summed E-state index contributed by atoms with van der Waals surface area (Å²) < 4.78 is 11.0. The third-order valence-corrected chi connectivity index (χ3v) is 3.58. The molecule has 1 saturated heterocycles. The number of benzene rings is 1. The molecule has 122 valence electrons. The topological polar surface area (TPSA) is 67.9 Å². The molecular weight excluding hydrogens is 316 g/mol. The molecular formula is C16H18N2O4S. The number of ether oxygens (including phenoxy) is 2. The minimum absolute atomic E-state index is 0.00575. The van der Waals surface area contributed by atoms with Gasteiger partial charge < -0.3 is 9.47 Å². The standard InChI is InChI=1S/C16H18N2O4S/c1-4-21-11-7-6-10(13(9-11)22-5-2)8-12-14(19)17-16(23)18(3)15(12)20/h6-9H,4-5H2,1-3H3,(H,17,19,23)/b12-8+. The molecule has 1 aliphatic heterocycles. The van der Waals surface area contributed by atoms with Gasteiger partial charge >= 0.3 is 0 Å². The van der Waals surface area contributed by atoms with Crippen LogP contribution in [0.25, 0.3) is 6.08 Å². The van der Waals surface area contributed by atoms with Crippen LogP contribution in [0.15, 0.2) is 23.8 Å². The Kier molecular flexibility index (Phi) is 5.33. The normalized spacial score (nSPS) is 16.6. The molecule has 1 aromatic carbocycles. The SMILES string of the molecule is CCOc1ccc(/C=C2\C(=O)NC(=S)N(C)C2=O)c(OCC)c1. The predicted molar refractivity (Wildman–Crippen MR) is 90.3 cm³/mol.